The van der Waals surface area contributed by atoms with Gasteiger partial charge in [0.05, 0.1) is 7.11 Å². The number of aryl methyl sites for hydroxylation is 2. The highest BCUT2D eigenvalue weighted by Gasteiger charge is 2.23. The summed E-state index contributed by atoms with van der Waals surface area (Å²) in [6.45, 7) is 3.36. The molecule has 0 saturated carbocycles. The van der Waals surface area contributed by atoms with E-state index in [1.165, 1.54) is 0 Å². The van der Waals surface area contributed by atoms with E-state index >= 15 is 0 Å². The van der Waals surface area contributed by atoms with E-state index in [9.17, 15) is 8.42 Å². The molecular weight excluding hydrogens is 280 g/mol. The van der Waals surface area contributed by atoms with Gasteiger partial charge >= 0.3 is 0 Å². The molecule has 0 radical (unpaired) electrons. The first kappa shape index (κ1) is 14.5. The summed E-state index contributed by atoms with van der Waals surface area (Å²) in [7, 11) is -2.05. The monoisotopic (exact) mass is 296 g/mol. The molecule has 0 aliphatic rings. The number of sulfonamides is 1. The van der Waals surface area contributed by atoms with Gasteiger partial charge in [-0.3, -0.25) is 0 Å². The van der Waals surface area contributed by atoms with Crippen molar-refractivity contribution in [1.29, 1.82) is 0 Å². The van der Waals surface area contributed by atoms with Gasteiger partial charge < -0.3 is 9.26 Å². The maximum absolute atomic E-state index is 12.2. The van der Waals surface area contributed by atoms with Crippen molar-refractivity contribution in [2.75, 3.05) is 7.11 Å². The number of nitrogens with zero attached hydrogens (tertiary/aromatic N) is 1. The number of rotatable bonds is 5. The molecule has 6 nitrogen and oxygen atoms in total. The van der Waals surface area contributed by atoms with Gasteiger partial charge in [0.1, 0.15) is 16.3 Å². The second-order valence-corrected chi connectivity index (χ2v) is 6.03. The molecule has 0 unspecified atom stereocenters. The van der Waals surface area contributed by atoms with Crippen LogP contribution in [0.5, 0.6) is 5.75 Å². The van der Waals surface area contributed by atoms with E-state index in [4.69, 9.17) is 9.26 Å². The third-order valence-corrected chi connectivity index (χ3v) is 4.51. The summed E-state index contributed by atoms with van der Waals surface area (Å²) in [6, 6.07) is 7.16. The van der Waals surface area contributed by atoms with Crippen molar-refractivity contribution < 1.29 is 17.7 Å². The predicted molar refractivity (Wildman–Crippen MR) is 73.0 cm³/mol. The number of nitrogens with one attached hydrogen (secondary N) is 1. The van der Waals surface area contributed by atoms with Crippen molar-refractivity contribution in [2.45, 2.75) is 25.3 Å². The lowest BCUT2D eigenvalue weighted by atomic mass is 10.2. The Labute approximate surface area is 117 Å². The van der Waals surface area contributed by atoms with Gasteiger partial charge in [-0.15, -0.1) is 0 Å². The van der Waals surface area contributed by atoms with Crippen LogP contribution in [0, 0.1) is 13.8 Å². The molecule has 0 atom stereocenters. The summed E-state index contributed by atoms with van der Waals surface area (Å²) < 4.78 is 36.8. The van der Waals surface area contributed by atoms with Crippen LogP contribution in [0.4, 0.5) is 0 Å². The van der Waals surface area contributed by atoms with Gasteiger partial charge in [-0.2, -0.15) is 0 Å². The minimum absolute atomic E-state index is 0.103. The van der Waals surface area contributed by atoms with Crippen molar-refractivity contribution in [3.63, 3.8) is 0 Å². The largest absolute Gasteiger partial charge is 0.497 e. The van der Waals surface area contributed by atoms with Crippen LogP contribution < -0.4 is 9.46 Å². The van der Waals surface area contributed by atoms with E-state index in [1.54, 1.807) is 45.2 Å². The fraction of sp³-hybridized carbons (Fsp3) is 0.308. The summed E-state index contributed by atoms with van der Waals surface area (Å²) in [6.07, 6.45) is 0. The molecule has 1 heterocycles. The Balaban J connectivity index is 2.13. The molecule has 0 aliphatic heterocycles. The Morgan fingerprint density at radius 1 is 1.25 bits per heavy atom. The van der Waals surface area contributed by atoms with Crippen LogP contribution in [0.1, 0.15) is 17.0 Å². The van der Waals surface area contributed by atoms with Crippen LogP contribution in [0.3, 0.4) is 0 Å². The minimum Gasteiger partial charge on any atom is -0.497 e. The maximum Gasteiger partial charge on any atom is 0.246 e. The molecule has 108 valence electrons. The SMILES string of the molecule is COc1ccc(CNS(=O)(=O)c2c(C)noc2C)cc1. The average molecular weight is 296 g/mol. The zero-order chi connectivity index (χ0) is 14.8. The number of hydrogen-bond donors (Lipinski definition) is 1. The molecule has 0 spiro atoms. The van der Waals surface area contributed by atoms with Crippen molar-refractivity contribution in [2.24, 2.45) is 0 Å². The Morgan fingerprint density at radius 2 is 1.90 bits per heavy atom. The molecular formula is C13H16N2O4S. The van der Waals surface area contributed by atoms with Gasteiger partial charge in [0.15, 0.2) is 5.76 Å². The molecule has 0 amide bonds. The Morgan fingerprint density at radius 3 is 2.40 bits per heavy atom. The number of benzene rings is 1. The lowest BCUT2D eigenvalue weighted by Gasteiger charge is -2.07. The topological polar surface area (TPSA) is 81.4 Å². The van der Waals surface area contributed by atoms with Gasteiger partial charge in [-0.1, -0.05) is 17.3 Å². The molecule has 20 heavy (non-hydrogen) atoms. The standard InChI is InChI=1S/C13H16N2O4S/c1-9-13(10(2)19-15-9)20(16,17)14-8-11-4-6-12(18-3)7-5-11/h4-7,14H,8H2,1-3H3. The quantitative estimate of drug-likeness (QED) is 0.909. The second-order valence-electron chi connectivity index (χ2n) is 4.33. The first-order valence-corrected chi connectivity index (χ1v) is 7.48. The van der Waals surface area contributed by atoms with Gasteiger partial charge in [0.2, 0.25) is 10.0 Å². The molecule has 1 aromatic carbocycles. The molecule has 0 aliphatic carbocycles. The van der Waals surface area contributed by atoms with Crippen molar-refractivity contribution in [3.8, 4) is 5.75 Å². The summed E-state index contributed by atoms with van der Waals surface area (Å²) in [4.78, 5) is 0.103. The molecule has 2 rings (SSSR count). The Kier molecular flexibility index (Phi) is 4.10. The maximum atomic E-state index is 12.2. The van der Waals surface area contributed by atoms with Crippen LogP contribution in [-0.2, 0) is 16.6 Å². The highest BCUT2D eigenvalue weighted by molar-refractivity contribution is 7.89. The smallest absolute Gasteiger partial charge is 0.246 e. The van der Waals surface area contributed by atoms with E-state index < -0.39 is 10.0 Å². The third-order valence-electron chi connectivity index (χ3n) is 2.86. The first-order chi connectivity index (χ1) is 9.44. The Hall–Kier alpha value is -1.86. The zero-order valence-corrected chi connectivity index (χ0v) is 12.3. The zero-order valence-electron chi connectivity index (χ0n) is 11.5. The van der Waals surface area contributed by atoms with Crippen LogP contribution >= 0.6 is 0 Å². The van der Waals surface area contributed by atoms with E-state index in [-0.39, 0.29) is 17.2 Å². The minimum atomic E-state index is -3.63. The van der Waals surface area contributed by atoms with Crippen molar-refractivity contribution in [1.82, 2.24) is 9.88 Å². The van der Waals surface area contributed by atoms with Crippen LogP contribution in [0.25, 0.3) is 0 Å². The molecule has 0 fully saturated rings. The van der Waals surface area contributed by atoms with Gasteiger partial charge in [-0.05, 0) is 31.5 Å². The summed E-state index contributed by atoms with van der Waals surface area (Å²) in [5.74, 6) is 1.01. The highest BCUT2D eigenvalue weighted by Crippen LogP contribution is 2.19. The fourth-order valence-electron chi connectivity index (χ4n) is 1.85. The van der Waals surface area contributed by atoms with Gasteiger partial charge in [-0.25, -0.2) is 13.1 Å². The lowest BCUT2D eigenvalue weighted by Crippen LogP contribution is -2.24. The van der Waals surface area contributed by atoms with Crippen LogP contribution in [0.2, 0.25) is 0 Å². The molecule has 0 saturated heterocycles. The fourth-order valence-corrected chi connectivity index (χ4v) is 3.20. The van der Waals surface area contributed by atoms with Gasteiger partial charge in [0, 0.05) is 6.54 Å². The molecule has 1 aromatic heterocycles. The molecule has 7 heteroatoms. The number of ether oxygens (including phenoxy) is 1. The van der Waals surface area contributed by atoms with Gasteiger partial charge in [0.25, 0.3) is 0 Å². The second kappa shape index (κ2) is 5.64. The number of hydrogen-bond acceptors (Lipinski definition) is 5. The third kappa shape index (κ3) is 3.00. The molecule has 1 N–H and O–H groups in total. The number of aromatic nitrogens is 1. The predicted octanol–water partition coefficient (Wildman–Crippen LogP) is 1.78. The highest BCUT2D eigenvalue weighted by atomic mass is 32.2. The van der Waals surface area contributed by atoms with Crippen molar-refractivity contribution >= 4 is 10.0 Å². The van der Waals surface area contributed by atoms with Crippen LogP contribution in [0.15, 0.2) is 33.7 Å². The average Bonchev–Trinajstić information content (AvgIpc) is 2.77. The van der Waals surface area contributed by atoms with Crippen LogP contribution in [-0.4, -0.2) is 20.7 Å². The normalized spacial score (nSPS) is 11.6. The molecule has 0 bridgehead atoms. The number of methoxy groups -OCH3 is 1. The van der Waals surface area contributed by atoms with E-state index in [2.05, 4.69) is 9.88 Å². The Bertz CT molecular complexity index is 670. The molecule has 2 aromatic rings. The van der Waals surface area contributed by atoms with E-state index in [0.29, 0.717) is 5.69 Å². The summed E-state index contributed by atoms with van der Waals surface area (Å²) in [5.41, 5.74) is 1.19. The summed E-state index contributed by atoms with van der Waals surface area (Å²) in [5, 5.41) is 3.65. The summed E-state index contributed by atoms with van der Waals surface area (Å²) >= 11 is 0. The lowest BCUT2D eigenvalue weighted by molar-refractivity contribution is 0.390. The van der Waals surface area contributed by atoms with E-state index in [0.717, 1.165) is 11.3 Å². The first-order valence-electron chi connectivity index (χ1n) is 5.99. The van der Waals surface area contributed by atoms with E-state index in [1.807, 2.05) is 0 Å². The van der Waals surface area contributed by atoms with Crippen molar-refractivity contribution in [3.05, 3.63) is 41.3 Å².